The highest BCUT2D eigenvalue weighted by Crippen LogP contribution is 2.34. The summed E-state index contributed by atoms with van der Waals surface area (Å²) in [5.74, 6) is -1.56. The summed E-state index contributed by atoms with van der Waals surface area (Å²) in [5, 5.41) is 2.19. The van der Waals surface area contributed by atoms with Gasteiger partial charge in [-0.2, -0.15) is 8.42 Å². The van der Waals surface area contributed by atoms with Gasteiger partial charge in [0.15, 0.2) is 0 Å². The number of benzene rings is 2. The summed E-state index contributed by atoms with van der Waals surface area (Å²) in [6.07, 6.45) is 1.27. The Morgan fingerprint density at radius 3 is 2.29 bits per heavy atom. The Labute approximate surface area is 243 Å². The third-order valence-electron chi connectivity index (χ3n) is 6.47. The topological polar surface area (TPSA) is 145 Å². The van der Waals surface area contributed by atoms with Crippen molar-refractivity contribution >= 4 is 45.5 Å². The highest BCUT2D eigenvalue weighted by atomic mass is 32.2. The third-order valence-corrected chi connectivity index (χ3v) is 8.82. The molecule has 1 fully saturated rings. The van der Waals surface area contributed by atoms with Crippen LogP contribution in [-0.4, -0.2) is 81.8 Å². The molecule has 0 spiro atoms. The van der Waals surface area contributed by atoms with Gasteiger partial charge in [0.25, 0.3) is 21.9 Å². The highest BCUT2D eigenvalue weighted by Gasteiger charge is 2.45. The zero-order valence-corrected chi connectivity index (χ0v) is 24.3. The largest absolute Gasteiger partial charge is 0.381 e. The van der Waals surface area contributed by atoms with E-state index in [2.05, 4.69) is 5.32 Å². The standard InChI is InChI=1S/C28H32N2O9S2/c1-19-7-9-20(10-8-19)41(35,36)39-16-4-15-37-13-3-14-38-17-18-40-23-6-2-5-21-25(23)28(34)30(27(21)33)22-11-12-24(31)29-26(22)32/h2,5-10,22H,3-4,11-18H2,1H3,(H,29,31,32). The predicted molar refractivity (Wildman–Crippen MR) is 149 cm³/mol. The van der Waals surface area contributed by atoms with Crippen molar-refractivity contribution in [2.75, 3.05) is 38.8 Å². The third kappa shape index (κ3) is 7.80. The van der Waals surface area contributed by atoms with Crippen LogP contribution in [0.2, 0.25) is 0 Å². The van der Waals surface area contributed by atoms with Crippen LogP contribution in [0.3, 0.4) is 0 Å². The van der Waals surface area contributed by atoms with Crippen LogP contribution < -0.4 is 5.32 Å². The van der Waals surface area contributed by atoms with Crippen LogP contribution in [0.25, 0.3) is 0 Å². The first-order valence-corrected chi connectivity index (χ1v) is 15.7. The molecule has 11 nitrogen and oxygen atoms in total. The molecule has 220 valence electrons. The molecule has 1 unspecified atom stereocenters. The molecule has 0 radical (unpaired) electrons. The van der Waals surface area contributed by atoms with E-state index in [0.29, 0.717) is 49.9 Å². The lowest BCUT2D eigenvalue weighted by Crippen LogP contribution is -2.54. The first kappa shape index (κ1) is 30.8. The molecule has 1 N–H and O–H groups in total. The molecule has 2 heterocycles. The second-order valence-corrected chi connectivity index (χ2v) is 12.2. The van der Waals surface area contributed by atoms with E-state index < -0.39 is 39.8 Å². The molecule has 0 bridgehead atoms. The molecule has 41 heavy (non-hydrogen) atoms. The van der Waals surface area contributed by atoms with Crippen molar-refractivity contribution in [1.82, 2.24) is 10.2 Å². The minimum absolute atomic E-state index is 0.0342. The fourth-order valence-corrected chi connectivity index (χ4v) is 6.26. The fourth-order valence-electron chi connectivity index (χ4n) is 4.38. The monoisotopic (exact) mass is 604 g/mol. The molecular formula is C28H32N2O9S2. The molecule has 1 saturated heterocycles. The average molecular weight is 605 g/mol. The number of amides is 4. The molecule has 0 aliphatic carbocycles. The van der Waals surface area contributed by atoms with Gasteiger partial charge in [-0.05, 0) is 50.5 Å². The molecule has 2 aromatic rings. The fraction of sp³-hybridized carbons (Fsp3) is 0.429. The number of carbonyl (C=O) groups is 4. The van der Waals surface area contributed by atoms with E-state index >= 15 is 0 Å². The number of ether oxygens (including phenoxy) is 2. The predicted octanol–water partition coefficient (Wildman–Crippen LogP) is 2.71. The number of nitrogens with one attached hydrogen (secondary N) is 1. The molecule has 2 aliphatic heterocycles. The lowest BCUT2D eigenvalue weighted by molar-refractivity contribution is -0.136. The lowest BCUT2D eigenvalue weighted by Gasteiger charge is -2.27. The Balaban J connectivity index is 1.10. The summed E-state index contributed by atoms with van der Waals surface area (Å²) in [5.41, 5.74) is 1.49. The quantitative estimate of drug-likeness (QED) is 0.139. The van der Waals surface area contributed by atoms with Crippen LogP contribution in [0.4, 0.5) is 0 Å². The van der Waals surface area contributed by atoms with Crippen molar-refractivity contribution < 1.29 is 41.3 Å². The normalized spacial score (nSPS) is 17.2. The first-order valence-electron chi connectivity index (χ1n) is 13.3. The summed E-state index contributed by atoms with van der Waals surface area (Å²) in [6.45, 7) is 3.61. The number of imide groups is 2. The number of nitrogens with zero attached hydrogens (tertiary/aromatic N) is 1. The van der Waals surface area contributed by atoms with E-state index in [-0.39, 0.29) is 35.5 Å². The molecule has 13 heteroatoms. The summed E-state index contributed by atoms with van der Waals surface area (Å²) in [7, 11) is -3.77. The van der Waals surface area contributed by atoms with E-state index in [9.17, 15) is 27.6 Å². The summed E-state index contributed by atoms with van der Waals surface area (Å²) in [4.78, 5) is 51.5. The molecule has 0 saturated carbocycles. The van der Waals surface area contributed by atoms with Gasteiger partial charge in [-0.3, -0.25) is 33.6 Å². The molecule has 1 atom stereocenters. The van der Waals surface area contributed by atoms with Gasteiger partial charge in [-0.15, -0.1) is 11.8 Å². The first-order chi connectivity index (χ1) is 19.7. The Hall–Kier alpha value is -3.10. The highest BCUT2D eigenvalue weighted by molar-refractivity contribution is 7.99. The maximum atomic E-state index is 13.1. The van der Waals surface area contributed by atoms with Crippen LogP contribution in [-0.2, 0) is 33.4 Å². The van der Waals surface area contributed by atoms with E-state index in [1.165, 1.54) is 23.9 Å². The molecule has 2 aromatic carbocycles. The van der Waals surface area contributed by atoms with Gasteiger partial charge in [0, 0.05) is 36.9 Å². The molecule has 4 rings (SSSR count). The average Bonchev–Trinajstić information content (AvgIpc) is 3.19. The van der Waals surface area contributed by atoms with Crippen LogP contribution >= 0.6 is 11.8 Å². The number of hydrogen-bond acceptors (Lipinski definition) is 10. The number of fused-ring (bicyclic) bond motifs is 1. The Bertz CT molecular complexity index is 1390. The second-order valence-electron chi connectivity index (χ2n) is 9.50. The summed E-state index contributed by atoms with van der Waals surface area (Å²) < 4.78 is 40.5. The van der Waals surface area contributed by atoms with Gasteiger partial charge in [-0.25, -0.2) is 0 Å². The van der Waals surface area contributed by atoms with Crippen LogP contribution in [0.15, 0.2) is 52.3 Å². The van der Waals surface area contributed by atoms with Crippen molar-refractivity contribution in [2.45, 2.75) is 48.4 Å². The maximum Gasteiger partial charge on any atom is 0.296 e. The SMILES string of the molecule is Cc1ccc(S(=O)(=O)OCCCOCCCOCCSc2cccc3c2C(=O)N(C2CCC(=O)NC2=O)C3=O)cc1. The number of hydrogen-bond donors (Lipinski definition) is 1. The van der Waals surface area contributed by atoms with Crippen molar-refractivity contribution in [1.29, 1.82) is 0 Å². The van der Waals surface area contributed by atoms with Gasteiger partial charge < -0.3 is 9.47 Å². The number of aryl methyl sites for hydroxylation is 1. The van der Waals surface area contributed by atoms with Gasteiger partial charge in [0.2, 0.25) is 11.8 Å². The smallest absolute Gasteiger partial charge is 0.296 e. The van der Waals surface area contributed by atoms with E-state index in [4.69, 9.17) is 13.7 Å². The minimum atomic E-state index is -3.77. The summed E-state index contributed by atoms with van der Waals surface area (Å²) in [6, 6.07) is 10.5. The number of piperidine rings is 1. The van der Waals surface area contributed by atoms with Crippen LogP contribution in [0.5, 0.6) is 0 Å². The van der Waals surface area contributed by atoms with E-state index in [1.807, 2.05) is 6.92 Å². The molecule has 0 aromatic heterocycles. The van der Waals surface area contributed by atoms with Gasteiger partial charge in [-0.1, -0.05) is 23.8 Å². The van der Waals surface area contributed by atoms with Gasteiger partial charge in [0.05, 0.1) is 29.2 Å². The Morgan fingerprint density at radius 2 is 1.59 bits per heavy atom. The Morgan fingerprint density at radius 1 is 0.902 bits per heavy atom. The lowest BCUT2D eigenvalue weighted by atomic mass is 10.0. The second kappa shape index (κ2) is 14.2. The van der Waals surface area contributed by atoms with Gasteiger partial charge >= 0.3 is 0 Å². The van der Waals surface area contributed by atoms with Crippen LogP contribution in [0.1, 0.15) is 52.0 Å². The molecule has 2 aliphatic rings. The zero-order chi connectivity index (χ0) is 29.4. The number of carbonyl (C=O) groups excluding carboxylic acids is 4. The van der Waals surface area contributed by atoms with Crippen molar-refractivity contribution in [3.8, 4) is 0 Å². The van der Waals surface area contributed by atoms with Crippen molar-refractivity contribution in [3.63, 3.8) is 0 Å². The minimum Gasteiger partial charge on any atom is -0.381 e. The van der Waals surface area contributed by atoms with Crippen molar-refractivity contribution in [3.05, 3.63) is 59.2 Å². The van der Waals surface area contributed by atoms with Crippen LogP contribution in [0, 0.1) is 6.92 Å². The zero-order valence-electron chi connectivity index (χ0n) is 22.6. The van der Waals surface area contributed by atoms with Crippen molar-refractivity contribution in [2.24, 2.45) is 0 Å². The maximum absolute atomic E-state index is 13.1. The summed E-state index contributed by atoms with van der Waals surface area (Å²) >= 11 is 1.39. The Kier molecular flexibility index (Phi) is 10.7. The molecule has 4 amide bonds. The number of thioether (sulfide) groups is 1. The van der Waals surface area contributed by atoms with Gasteiger partial charge in [0.1, 0.15) is 6.04 Å². The van der Waals surface area contributed by atoms with E-state index in [0.717, 1.165) is 10.5 Å². The number of rotatable bonds is 15. The van der Waals surface area contributed by atoms with E-state index in [1.54, 1.807) is 30.3 Å². The molecular weight excluding hydrogens is 572 g/mol.